The number of carboxylic acid groups (broad SMARTS) is 5. The lowest BCUT2D eigenvalue weighted by molar-refractivity contribution is -0.145. The molecule has 1 aliphatic heterocycles. The number of hydrogen-bond donors (Lipinski definition) is 8. The summed E-state index contributed by atoms with van der Waals surface area (Å²) in [6, 6.07) is 4.90. The molecule has 0 radical (unpaired) electrons. The van der Waals surface area contributed by atoms with Gasteiger partial charge in [-0.15, -0.1) is 0 Å². The molecule has 0 spiro atoms. The highest BCUT2D eigenvalue weighted by Crippen LogP contribution is 2.11. The maximum absolute atomic E-state index is 12.6. The highest BCUT2D eigenvalue weighted by Gasteiger charge is 2.28. The second-order valence-electron chi connectivity index (χ2n) is 13.2. The van der Waals surface area contributed by atoms with Crippen LogP contribution in [0.15, 0.2) is 24.3 Å². The Hall–Kier alpha value is -4.77. The molecule has 1 aromatic rings. The van der Waals surface area contributed by atoms with E-state index >= 15 is 0 Å². The third kappa shape index (κ3) is 20.8. The van der Waals surface area contributed by atoms with Crippen molar-refractivity contribution in [1.82, 2.24) is 30.2 Å². The molecule has 2 amide bonds. The number of benzene rings is 1. The Balaban J connectivity index is 1.77. The number of nitrogens with zero attached hydrogens (tertiary/aromatic N) is 4. The van der Waals surface area contributed by atoms with Crippen molar-refractivity contribution in [2.45, 2.75) is 37.9 Å². The van der Waals surface area contributed by atoms with Gasteiger partial charge in [-0.25, -0.2) is 0 Å². The molecule has 0 saturated carbocycles. The van der Waals surface area contributed by atoms with Gasteiger partial charge in [0.2, 0.25) is 11.8 Å². The standard InChI is InChI=1S/C35H55N7O14/c36-27(34(51)52)19-25-1-3-26(4-2-25)20-38-30(44)24-56-18-17-55-16-7-37-29(43)6-5-28(35(53)54)42-14-12-40(22-32(47)48)10-8-39(21-31(45)46)9-11-41(13-15-42)23-33(49)50/h1-4,27-28H,5-24,36H2,(H,37,43)(H,38,44)(H,45,46)(H,47,48)(H,49,50)(H,51,52)(H,53,54)/t27-,28+/m0/s1. The second-order valence-corrected chi connectivity index (χ2v) is 13.2. The predicted octanol–water partition coefficient (Wildman–Crippen LogP) is -2.88. The molecule has 56 heavy (non-hydrogen) atoms. The minimum atomic E-state index is -1.20. The van der Waals surface area contributed by atoms with Crippen LogP contribution < -0.4 is 16.4 Å². The summed E-state index contributed by atoms with van der Waals surface area (Å²) >= 11 is 0. The Bertz CT molecular complexity index is 1400. The van der Waals surface area contributed by atoms with E-state index in [1.807, 2.05) is 0 Å². The van der Waals surface area contributed by atoms with Crippen LogP contribution in [-0.2, 0) is 56.0 Å². The van der Waals surface area contributed by atoms with Crippen LogP contribution in [0.5, 0.6) is 0 Å². The lowest BCUT2D eigenvalue weighted by atomic mass is 10.0. The van der Waals surface area contributed by atoms with E-state index in [1.54, 1.807) is 43.9 Å². The fourth-order valence-corrected chi connectivity index (χ4v) is 5.76. The first-order valence-corrected chi connectivity index (χ1v) is 18.2. The van der Waals surface area contributed by atoms with Crippen molar-refractivity contribution in [1.29, 1.82) is 0 Å². The van der Waals surface area contributed by atoms with Gasteiger partial charge >= 0.3 is 29.8 Å². The van der Waals surface area contributed by atoms with E-state index in [9.17, 15) is 54.0 Å². The fourth-order valence-electron chi connectivity index (χ4n) is 5.76. The number of amides is 2. The first-order chi connectivity index (χ1) is 26.6. The molecule has 21 heteroatoms. The molecule has 21 nitrogen and oxygen atoms in total. The molecule has 1 aromatic carbocycles. The highest BCUT2D eigenvalue weighted by atomic mass is 16.5. The average molecular weight is 798 g/mol. The molecular weight excluding hydrogens is 742 g/mol. The van der Waals surface area contributed by atoms with Gasteiger partial charge in [0, 0.05) is 71.9 Å². The molecule has 1 aliphatic rings. The second kappa shape index (κ2) is 26.2. The van der Waals surface area contributed by atoms with Crippen LogP contribution in [0, 0.1) is 0 Å². The molecule has 0 unspecified atom stereocenters. The molecule has 0 bridgehead atoms. The van der Waals surface area contributed by atoms with Crippen LogP contribution in [0.3, 0.4) is 0 Å². The summed E-state index contributed by atoms with van der Waals surface area (Å²) in [5, 5.41) is 52.6. The van der Waals surface area contributed by atoms with Gasteiger partial charge in [-0.3, -0.25) is 53.2 Å². The smallest absolute Gasteiger partial charge is 0.320 e. The number of hydrogen-bond acceptors (Lipinski definition) is 14. The molecule has 0 aliphatic carbocycles. The lowest BCUT2D eigenvalue weighted by Crippen LogP contribution is -2.52. The van der Waals surface area contributed by atoms with Crippen molar-refractivity contribution in [2.24, 2.45) is 5.73 Å². The average Bonchev–Trinajstić information content (AvgIpc) is 3.12. The normalized spacial score (nSPS) is 16.4. The minimum absolute atomic E-state index is 0.0744. The molecule has 1 saturated heterocycles. The SMILES string of the molecule is N[C@@H](Cc1ccc(CNC(=O)COCCOCCNC(=O)CC[C@H](C(=O)O)N2CCN(CC(=O)O)CCN(CC(=O)O)CCN(CC(=O)O)CC2)cc1)C(=O)O. The van der Waals surface area contributed by atoms with Crippen molar-refractivity contribution < 1.29 is 68.6 Å². The fraction of sp³-hybridized carbons (Fsp3) is 0.629. The Labute approximate surface area is 324 Å². The quantitative estimate of drug-likeness (QED) is 0.0487. The van der Waals surface area contributed by atoms with Crippen molar-refractivity contribution in [3.8, 4) is 0 Å². The monoisotopic (exact) mass is 797 g/mol. The summed E-state index contributed by atoms with van der Waals surface area (Å²) in [7, 11) is 0. The van der Waals surface area contributed by atoms with E-state index in [1.165, 1.54) is 0 Å². The number of ether oxygens (including phenoxy) is 2. The summed E-state index contributed by atoms with van der Waals surface area (Å²) in [5.41, 5.74) is 7.12. The van der Waals surface area contributed by atoms with Crippen molar-refractivity contribution in [3.63, 3.8) is 0 Å². The number of rotatable bonds is 24. The van der Waals surface area contributed by atoms with E-state index in [4.69, 9.17) is 20.3 Å². The molecule has 314 valence electrons. The molecule has 1 fully saturated rings. The zero-order chi connectivity index (χ0) is 41.5. The minimum Gasteiger partial charge on any atom is -0.480 e. The maximum atomic E-state index is 12.6. The Morgan fingerprint density at radius 1 is 0.625 bits per heavy atom. The van der Waals surface area contributed by atoms with E-state index in [2.05, 4.69) is 10.6 Å². The molecule has 9 N–H and O–H groups in total. The first kappa shape index (κ1) is 47.4. The Morgan fingerprint density at radius 3 is 1.59 bits per heavy atom. The number of aliphatic carboxylic acids is 5. The van der Waals surface area contributed by atoms with Crippen LogP contribution >= 0.6 is 0 Å². The molecule has 1 heterocycles. The van der Waals surface area contributed by atoms with Crippen LogP contribution in [0.1, 0.15) is 24.0 Å². The van der Waals surface area contributed by atoms with Crippen molar-refractivity contribution in [2.75, 3.05) is 105 Å². The maximum Gasteiger partial charge on any atom is 0.320 e. The summed E-state index contributed by atoms with van der Waals surface area (Å²) < 4.78 is 10.7. The largest absolute Gasteiger partial charge is 0.480 e. The van der Waals surface area contributed by atoms with Crippen LogP contribution in [0.4, 0.5) is 0 Å². The zero-order valence-corrected chi connectivity index (χ0v) is 31.4. The number of nitrogens with two attached hydrogens (primary N) is 1. The van der Waals surface area contributed by atoms with Crippen LogP contribution in [-0.4, -0.2) is 204 Å². The van der Waals surface area contributed by atoms with Gasteiger partial charge in [-0.2, -0.15) is 0 Å². The third-order valence-electron chi connectivity index (χ3n) is 8.78. The number of nitrogens with one attached hydrogen (secondary N) is 2. The highest BCUT2D eigenvalue weighted by molar-refractivity contribution is 5.78. The van der Waals surface area contributed by atoms with Crippen molar-refractivity contribution >= 4 is 41.7 Å². The summed E-state index contributed by atoms with van der Waals surface area (Å²) in [4.78, 5) is 88.8. The van der Waals surface area contributed by atoms with E-state index in [0.29, 0.717) is 0 Å². The molecule has 2 rings (SSSR count). The van der Waals surface area contributed by atoms with Gasteiger partial charge in [0.15, 0.2) is 0 Å². The van der Waals surface area contributed by atoms with Crippen molar-refractivity contribution in [3.05, 3.63) is 35.4 Å². The summed E-state index contributed by atoms with van der Waals surface area (Å²) in [6.07, 6.45) is -0.0259. The van der Waals surface area contributed by atoms with Gasteiger partial charge in [-0.05, 0) is 24.0 Å². The van der Waals surface area contributed by atoms with Crippen LogP contribution in [0.25, 0.3) is 0 Å². The van der Waals surface area contributed by atoms with Crippen LogP contribution in [0.2, 0.25) is 0 Å². The van der Waals surface area contributed by atoms with Gasteiger partial charge in [0.05, 0.1) is 39.5 Å². The molecule has 2 atom stereocenters. The number of carbonyl (C=O) groups is 7. The predicted molar refractivity (Wildman–Crippen MR) is 197 cm³/mol. The lowest BCUT2D eigenvalue weighted by Gasteiger charge is -2.35. The van der Waals surface area contributed by atoms with Gasteiger partial charge in [-0.1, -0.05) is 24.3 Å². The number of carbonyl (C=O) groups excluding carboxylic acids is 2. The zero-order valence-electron chi connectivity index (χ0n) is 31.4. The summed E-state index contributed by atoms with van der Waals surface area (Å²) in [6.45, 7) is 0.810. The third-order valence-corrected chi connectivity index (χ3v) is 8.78. The van der Waals surface area contributed by atoms with Gasteiger partial charge in [0.1, 0.15) is 18.7 Å². The van der Waals surface area contributed by atoms with E-state index in [-0.39, 0.29) is 137 Å². The van der Waals surface area contributed by atoms with E-state index in [0.717, 1.165) is 11.1 Å². The topological polar surface area (TPSA) is 302 Å². The first-order valence-electron chi connectivity index (χ1n) is 18.2. The van der Waals surface area contributed by atoms with Gasteiger partial charge in [0.25, 0.3) is 0 Å². The summed E-state index contributed by atoms with van der Waals surface area (Å²) in [5.74, 6) is -6.33. The molecular formula is C35H55N7O14. The van der Waals surface area contributed by atoms with E-state index < -0.39 is 47.8 Å². The number of carboxylic acids is 5. The van der Waals surface area contributed by atoms with Gasteiger partial charge < -0.3 is 51.4 Å². The Morgan fingerprint density at radius 2 is 1.11 bits per heavy atom. The Kier molecular flexibility index (Phi) is 22.1. The molecule has 0 aromatic heterocycles.